The van der Waals surface area contributed by atoms with Crippen LogP contribution in [0.5, 0.6) is 0 Å². The van der Waals surface area contributed by atoms with Gasteiger partial charge in [-0.05, 0) is 51.5 Å². The Morgan fingerprint density at radius 3 is 2.45 bits per heavy atom. The van der Waals surface area contributed by atoms with Gasteiger partial charge in [-0.25, -0.2) is 9.18 Å². The first-order valence-electron chi connectivity index (χ1n) is 12.5. The molecule has 12 nitrogen and oxygen atoms in total. The highest BCUT2D eigenvalue weighted by molar-refractivity contribution is 5.95. The van der Waals surface area contributed by atoms with Crippen LogP contribution in [-0.2, 0) is 11.2 Å². The van der Waals surface area contributed by atoms with E-state index in [1.807, 2.05) is 11.8 Å². The number of aliphatic carboxylic acids is 1. The summed E-state index contributed by atoms with van der Waals surface area (Å²) in [5.41, 5.74) is 16.3. The molecule has 3 heterocycles. The minimum Gasteiger partial charge on any atom is -0.480 e. The molecule has 38 heavy (non-hydrogen) atoms. The van der Waals surface area contributed by atoms with Crippen molar-refractivity contribution < 1.29 is 29.3 Å². The zero-order chi connectivity index (χ0) is 28.1. The Balaban J connectivity index is 0.000000284. The number of rotatable bonds is 7. The van der Waals surface area contributed by atoms with Gasteiger partial charge in [-0.3, -0.25) is 14.6 Å². The Morgan fingerprint density at radius 1 is 1.21 bits per heavy atom. The molecule has 0 bridgehead atoms. The Bertz CT molecular complexity index is 1280. The van der Waals surface area contributed by atoms with E-state index >= 15 is 4.39 Å². The number of anilines is 1. The van der Waals surface area contributed by atoms with Crippen LogP contribution in [-0.4, -0.2) is 69.6 Å². The number of guanidine groups is 1. The predicted octanol–water partition coefficient (Wildman–Crippen LogP) is 0.759. The number of aromatic carboxylic acids is 1. The molecule has 2 atom stereocenters. The van der Waals surface area contributed by atoms with Gasteiger partial charge in [-0.15, -0.1) is 0 Å². The Labute approximate surface area is 218 Å². The molecule has 2 aliphatic rings. The quantitative estimate of drug-likeness (QED) is 0.167. The molecule has 0 radical (unpaired) electrons. The second-order valence-electron chi connectivity index (χ2n) is 9.67. The second-order valence-corrected chi connectivity index (χ2v) is 9.67. The molecule has 0 aliphatic carbocycles. The lowest BCUT2D eigenvalue weighted by Gasteiger charge is -2.36. The third-order valence-electron chi connectivity index (χ3n) is 6.92. The van der Waals surface area contributed by atoms with Gasteiger partial charge >= 0.3 is 11.9 Å². The summed E-state index contributed by atoms with van der Waals surface area (Å²) in [5.74, 6) is -2.78. The maximum absolute atomic E-state index is 15.0. The smallest absolute Gasteiger partial charge is 0.341 e. The number of hydrogen-bond acceptors (Lipinski definition) is 7. The van der Waals surface area contributed by atoms with Crippen molar-refractivity contribution >= 4 is 34.5 Å². The lowest BCUT2D eigenvalue weighted by atomic mass is 9.93. The number of aliphatic hydroxyl groups is 1. The van der Waals surface area contributed by atoms with E-state index in [4.69, 9.17) is 22.3 Å². The van der Waals surface area contributed by atoms with Crippen molar-refractivity contribution in [1.29, 1.82) is 0 Å². The number of aryl methyl sites for hydroxylation is 1. The van der Waals surface area contributed by atoms with Gasteiger partial charge in [0.2, 0.25) is 5.43 Å². The van der Waals surface area contributed by atoms with Gasteiger partial charge in [0.1, 0.15) is 17.4 Å². The first-order valence-corrected chi connectivity index (χ1v) is 12.5. The topological polar surface area (TPSA) is 210 Å². The molecular formula is C25H35FN6O6. The molecule has 208 valence electrons. The van der Waals surface area contributed by atoms with Crippen LogP contribution >= 0.6 is 0 Å². The number of carboxylic acids is 2. The summed E-state index contributed by atoms with van der Waals surface area (Å²) in [6.07, 6.45) is 4.53. The number of carbonyl (C=O) groups is 2. The van der Waals surface area contributed by atoms with Crippen molar-refractivity contribution in [2.75, 3.05) is 24.5 Å². The van der Waals surface area contributed by atoms with Crippen LogP contribution in [0.4, 0.5) is 10.1 Å². The maximum atomic E-state index is 15.0. The molecule has 4 rings (SSSR count). The lowest BCUT2D eigenvalue weighted by Crippen LogP contribution is -2.37. The van der Waals surface area contributed by atoms with Gasteiger partial charge in [0.15, 0.2) is 5.96 Å². The number of pyridine rings is 1. The predicted molar refractivity (Wildman–Crippen MR) is 141 cm³/mol. The molecule has 2 aromatic rings. The normalized spacial score (nSPS) is 17.9. The number of aromatic nitrogens is 1. The fraction of sp³-hybridized carbons (Fsp3) is 0.520. The van der Waals surface area contributed by atoms with E-state index < -0.39 is 29.2 Å². The maximum Gasteiger partial charge on any atom is 0.341 e. The Hall–Kier alpha value is -3.71. The number of halogens is 1. The number of benzene rings is 1. The third-order valence-corrected chi connectivity index (χ3v) is 6.92. The molecule has 1 aromatic carbocycles. The van der Waals surface area contributed by atoms with Crippen molar-refractivity contribution in [1.82, 2.24) is 4.57 Å². The van der Waals surface area contributed by atoms with Crippen molar-refractivity contribution in [2.45, 2.75) is 63.6 Å². The van der Waals surface area contributed by atoms with E-state index in [1.54, 1.807) is 4.57 Å². The van der Waals surface area contributed by atoms with Gasteiger partial charge in [0.05, 0.1) is 17.3 Å². The minimum atomic E-state index is -1.30. The summed E-state index contributed by atoms with van der Waals surface area (Å²) < 4.78 is 16.8. The van der Waals surface area contributed by atoms with Crippen molar-refractivity contribution in [3.05, 3.63) is 39.4 Å². The SMILES string of the molecule is C[C@@H]1CCc2c(N3CCC(O)CC3)c(F)cc3c(=O)c(C(=O)O)cn1c23.NC(N)=NCCC[C@@H](N)C(=O)O. The summed E-state index contributed by atoms with van der Waals surface area (Å²) in [5, 5.41) is 27.6. The molecule has 9 N–H and O–H groups in total. The molecule has 1 fully saturated rings. The number of aliphatic imine (C=N–C) groups is 1. The fourth-order valence-corrected chi connectivity index (χ4v) is 4.86. The van der Waals surface area contributed by atoms with Gasteiger partial charge in [-0.1, -0.05) is 0 Å². The monoisotopic (exact) mass is 534 g/mol. The van der Waals surface area contributed by atoms with Gasteiger partial charge < -0.3 is 42.0 Å². The minimum absolute atomic E-state index is 0.0129. The standard InChI is InChI=1S/C19H21FN2O4.C6H14N4O2/c1-10-2-3-12-16-13(18(24)14(19(25)26)9-22(10)16)8-15(20)17(12)21-6-4-11(23)5-7-21;7-4(5(11)12)2-1-3-10-6(8)9/h8-11,23H,2-7H2,1H3,(H,25,26);4H,1-3,7H2,(H,11,12)(H4,8,9,10)/t10-;4-/m11/s1. The first kappa shape index (κ1) is 28.9. The van der Waals surface area contributed by atoms with Crippen LogP contribution < -0.4 is 27.5 Å². The lowest BCUT2D eigenvalue weighted by molar-refractivity contribution is -0.138. The number of hydrogen-bond donors (Lipinski definition) is 6. The van der Waals surface area contributed by atoms with E-state index in [0.717, 1.165) is 12.0 Å². The molecule has 0 unspecified atom stereocenters. The molecule has 13 heteroatoms. The first-order chi connectivity index (χ1) is 17.9. The number of piperidine rings is 1. The highest BCUT2D eigenvalue weighted by Crippen LogP contribution is 2.38. The number of carboxylic acid groups (broad SMARTS) is 2. The molecule has 0 amide bonds. The van der Waals surface area contributed by atoms with Crippen LogP contribution in [0, 0.1) is 5.82 Å². The van der Waals surface area contributed by atoms with Gasteiger partial charge in [0, 0.05) is 42.8 Å². The summed E-state index contributed by atoms with van der Waals surface area (Å²) in [4.78, 5) is 39.9. The molecule has 1 aromatic heterocycles. The van der Waals surface area contributed by atoms with E-state index in [-0.39, 0.29) is 29.1 Å². The van der Waals surface area contributed by atoms with E-state index in [0.29, 0.717) is 62.9 Å². The number of nitrogens with two attached hydrogens (primary N) is 3. The van der Waals surface area contributed by atoms with Gasteiger partial charge in [0.25, 0.3) is 0 Å². The van der Waals surface area contributed by atoms with Crippen LogP contribution in [0.1, 0.15) is 61.0 Å². The largest absolute Gasteiger partial charge is 0.480 e. The summed E-state index contributed by atoms with van der Waals surface area (Å²) in [6.45, 7) is 3.51. The van der Waals surface area contributed by atoms with Crippen molar-refractivity contribution in [3.63, 3.8) is 0 Å². The second kappa shape index (κ2) is 12.2. The number of nitrogens with zero attached hydrogens (tertiary/aromatic N) is 3. The van der Waals surface area contributed by atoms with E-state index in [9.17, 15) is 24.6 Å². The molecule has 1 saturated heterocycles. The fourth-order valence-electron chi connectivity index (χ4n) is 4.86. The number of aliphatic hydroxyl groups excluding tert-OH is 1. The Morgan fingerprint density at radius 2 is 1.87 bits per heavy atom. The highest BCUT2D eigenvalue weighted by Gasteiger charge is 2.30. The average Bonchev–Trinajstić information content (AvgIpc) is 2.85. The molecular weight excluding hydrogens is 499 g/mol. The molecule has 2 aliphatic heterocycles. The molecule has 0 saturated carbocycles. The zero-order valence-corrected chi connectivity index (χ0v) is 21.3. The van der Waals surface area contributed by atoms with Crippen molar-refractivity contribution in [2.24, 2.45) is 22.2 Å². The molecule has 0 spiro atoms. The van der Waals surface area contributed by atoms with E-state index in [2.05, 4.69) is 4.99 Å². The summed E-state index contributed by atoms with van der Waals surface area (Å²) in [6, 6.07) is 0.395. The average molecular weight is 535 g/mol. The van der Waals surface area contributed by atoms with Crippen LogP contribution in [0.25, 0.3) is 10.9 Å². The summed E-state index contributed by atoms with van der Waals surface area (Å²) >= 11 is 0. The zero-order valence-electron chi connectivity index (χ0n) is 21.3. The van der Waals surface area contributed by atoms with Gasteiger partial charge in [-0.2, -0.15) is 0 Å². The summed E-state index contributed by atoms with van der Waals surface area (Å²) in [7, 11) is 0. The van der Waals surface area contributed by atoms with Crippen LogP contribution in [0.3, 0.4) is 0 Å². The van der Waals surface area contributed by atoms with E-state index in [1.165, 1.54) is 12.3 Å². The third kappa shape index (κ3) is 6.40. The van der Waals surface area contributed by atoms with Crippen LogP contribution in [0.15, 0.2) is 22.1 Å². The van der Waals surface area contributed by atoms with Crippen molar-refractivity contribution in [3.8, 4) is 0 Å². The Kier molecular flexibility index (Phi) is 9.28. The van der Waals surface area contributed by atoms with Crippen LogP contribution in [0.2, 0.25) is 0 Å². The highest BCUT2D eigenvalue weighted by atomic mass is 19.1.